The van der Waals surface area contributed by atoms with Crippen LogP contribution in [0.5, 0.6) is 5.75 Å². The van der Waals surface area contributed by atoms with Crippen LogP contribution in [-0.4, -0.2) is 54.4 Å². The first-order valence-corrected chi connectivity index (χ1v) is 8.63. The maximum Gasteiger partial charge on any atom is 0.228 e. The van der Waals surface area contributed by atoms with Gasteiger partial charge < -0.3 is 14.5 Å². The average Bonchev–Trinajstić information content (AvgIpc) is 2.80. The highest BCUT2D eigenvalue weighted by molar-refractivity contribution is 5.82. The van der Waals surface area contributed by atoms with Crippen LogP contribution in [-0.2, 0) is 9.59 Å². The highest BCUT2D eigenvalue weighted by Crippen LogP contribution is 2.19. The molecule has 1 fully saturated rings. The average molecular weight is 332 g/mol. The minimum Gasteiger partial charge on any atom is -0.493 e. The summed E-state index contributed by atoms with van der Waals surface area (Å²) in [5.41, 5.74) is -0.372. The number of carbonyl (C=O) groups excluding carboxylic acids is 2. The van der Waals surface area contributed by atoms with Gasteiger partial charge in [0.1, 0.15) is 5.75 Å². The lowest BCUT2D eigenvalue weighted by Gasteiger charge is -2.28. The van der Waals surface area contributed by atoms with Crippen LogP contribution >= 0.6 is 0 Å². The molecule has 1 aliphatic rings. The molecule has 1 aromatic rings. The number of amides is 2. The lowest BCUT2D eigenvalue weighted by molar-refractivity contribution is -0.140. The first-order chi connectivity index (χ1) is 11.4. The molecule has 0 saturated carbocycles. The largest absolute Gasteiger partial charge is 0.493 e. The van der Waals surface area contributed by atoms with Gasteiger partial charge in [0.25, 0.3) is 0 Å². The molecule has 24 heavy (non-hydrogen) atoms. The van der Waals surface area contributed by atoms with E-state index in [9.17, 15) is 9.59 Å². The van der Waals surface area contributed by atoms with Crippen molar-refractivity contribution in [2.45, 2.75) is 33.6 Å². The number of ether oxygens (including phenoxy) is 1. The predicted octanol–water partition coefficient (Wildman–Crippen LogP) is 2.56. The van der Waals surface area contributed by atoms with Crippen LogP contribution in [0.25, 0.3) is 0 Å². The number of rotatable bonds is 4. The van der Waals surface area contributed by atoms with E-state index in [1.165, 1.54) is 0 Å². The second kappa shape index (κ2) is 8.18. The molecule has 2 amide bonds. The molecule has 0 aromatic heterocycles. The van der Waals surface area contributed by atoms with Gasteiger partial charge in [-0.05, 0) is 18.6 Å². The third kappa shape index (κ3) is 5.25. The van der Waals surface area contributed by atoms with Crippen molar-refractivity contribution in [2.24, 2.45) is 5.41 Å². The van der Waals surface area contributed by atoms with Gasteiger partial charge in [-0.2, -0.15) is 0 Å². The molecule has 0 spiro atoms. The molecular weight excluding hydrogens is 304 g/mol. The summed E-state index contributed by atoms with van der Waals surface area (Å²) in [5.74, 6) is 1.03. The fraction of sp³-hybridized carbons (Fsp3) is 0.579. The summed E-state index contributed by atoms with van der Waals surface area (Å²) >= 11 is 0. The highest BCUT2D eigenvalue weighted by atomic mass is 16.5. The normalized spacial score (nSPS) is 15.8. The molecular formula is C19H28N2O3. The summed E-state index contributed by atoms with van der Waals surface area (Å²) < 4.78 is 5.59. The zero-order chi connectivity index (χ0) is 17.6. The monoisotopic (exact) mass is 332 g/mol. The van der Waals surface area contributed by atoms with Gasteiger partial charge in [0.2, 0.25) is 11.8 Å². The minimum absolute atomic E-state index is 0.0935. The van der Waals surface area contributed by atoms with Crippen molar-refractivity contribution in [3.05, 3.63) is 30.3 Å². The molecule has 0 atom stereocenters. The van der Waals surface area contributed by atoms with E-state index in [0.717, 1.165) is 18.7 Å². The summed E-state index contributed by atoms with van der Waals surface area (Å²) in [7, 11) is 0. The van der Waals surface area contributed by atoms with Gasteiger partial charge in [0, 0.05) is 31.6 Å². The van der Waals surface area contributed by atoms with Crippen molar-refractivity contribution in [1.29, 1.82) is 0 Å². The Hall–Kier alpha value is -2.04. The summed E-state index contributed by atoms with van der Waals surface area (Å²) in [6.45, 7) is 8.83. The first kappa shape index (κ1) is 18.3. The van der Waals surface area contributed by atoms with Crippen LogP contribution in [0.4, 0.5) is 0 Å². The van der Waals surface area contributed by atoms with Gasteiger partial charge in [-0.1, -0.05) is 39.0 Å². The van der Waals surface area contributed by atoms with E-state index in [1.807, 2.05) is 60.9 Å². The van der Waals surface area contributed by atoms with Gasteiger partial charge >= 0.3 is 0 Å². The fourth-order valence-electron chi connectivity index (χ4n) is 2.78. The predicted molar refractivity (Wildman–Crippen MR) is 93.8 cm³/mol. The maximum atomic E-state index is 12.4. The van der Waals surface area contributed by atoms with Crippen LogP contribution in [0.1, 0.15) is 33.6 Å². The molecule has 1 saturated heterocycles. The molecule has 132 valence electrons. The van der Waals surface area contributed by atoms with Crippen molar-refractivity contribution < 1.29 is 14.3 Å². The van der Waals surface area contributed by atoms with Gasteiger partial charge in [0.15, 0.2) is 0 Å². The lowest BCUT2D eigenvalue weighted by atomic mass is 9.94. The Labute approximate surface area is 144 Å². The molecule has 0 radical (unpaired) electrons. The van der Waals surface area contributed by atoms with Gasteiger partial charge in [-0.3, -0.25) is 9.59 Å². The Bertz CT molecular complexity index is 551. The maximum absolute atomic E-state index is 12.4. The zero-order valence-electron chi connectivity index (χ0n) is 15.0. The van der Waals surface area contributed by atoms with E-state index in [0.29, 0.717) is 32.7 Å². The molecule has 5 heteroatoms. The lowest BCUT2D eigenvalue weighted by Crippen LogP contribution is -2.42. The number of hydrogen-bond acceptors (Lipinski definition) is 3. The molecule has 1 aliphatic heterocycles. The van der Waals surface area contributed by atoms with Gasteiger partial charge in [-0.15, -0.1) is 0 Å². The quantitative estimate of drug-likeness (QED) is 0.851. The smallest absolute Gasteiger partial charge is 0.228 e. The summed E-state index contributed by atoms with van der Waals surface area (Å²) in [4.78, 5) is 28.5. The fourth-order valence-corrected chi connectivity index (χ4v) is 2.78. The van der Waals surface area contributed by atoms with Crippen LogP contribution in [0.2, 0.25) is 0 Å². The first-order valence-electron chi connectivity index (χ1n) is 8.63. The molecule has 0 aliphatic carbocycles. The molecule has 5 nitrogen and oxygen atoms in total. The van der Waals surface area contributed by atoms with E-state index in [4.69, 9.17) is 4.74 Å². The Kier molecular flexibility index (Phi) is 6.23. The number of hydrogen-bond donors (Lipinski definition) is 0. The summed E-state index contributed by atoms with van der Waals surface area (Å²) in [5, 5.41) is 0. The van der Waals surface area contributed by atoms with E-state index >= 15 is 0 Å². The molecule has 2 rings (SSSR count). The van der Waals surface area contributed by atoms with Crippen molar-refractivity contribution in [3.63, 3.8) is 0 Å². The van der Waals surface area contributed by atoms with Crippen molar-refractivity contribution in [3.8, 4) is 5.75 Å². The van der Waals surface area contributed by atoms with E-state index in [1.54, 1.807) is 0 Å². The van der Waals surface area contributed by atoms with Gasteiger partial charge in [0.05, 0.1) is 13.0 Å². The van der Waals surface area contributed by atoms with Crippen LogP contribution in [0, 0.1) is 5.41 Å². The Morgan fingerprint density at radius 2 is 1.62 bits per heavy atom. The number of benzene rings is 1. The third-order valence-corrected chi connectivity index (χ3v) is 4.11. The summed E-state index contributed by atoms with van der Waals surface area (Å²) in [6.07, 6.45) is 1.19. The van der Waals surface area contributed by atoms with Crippen LogP contribution in [0.15, 0.2) is 30.3 Å². The molecule has 0 N–H and O–H groups in total. The minimum atomic E-state index is -0.372. The van der Waals surface area contributed by atoms with Crippen LogP contribution < -0.4 is 4.74 Å². The van der Waals surface area contributed by atoms with Crippen LogP contribution in [0.3, 0.4) is 0 Å². The number of nitrogens with zero attached hydrogens (tertiary/aromatic N) is 2. The number of para-hydroxylation sites is 1. The van der Waals surface area contributed by atoms with Crippen molar-refractivity contribution >= 4 is 11.8 Å². The second-order valence-electron chi connectivity index (χ2n) is 7.19. The van der Waals surface area contributed by atoms with Gasteiger partial charge in [-0.25, -0.2) is 0 Å². The standard InChI is InChI=1S/C19H28N2O3/c1-19(2,3)18(23)21-12-7-11-20(13-14-21)17(22)10-15-24-16-8-5-4-6-9-16/h4-6,8-9H,7,10-15H2,1-3H3. The Balaban J connectivity index is 1.78. The molecule has 0 bridgehead atoms. The van der Waals surface area contributed by atoms with Crippen molar-refractivity contribution in [1.82, 2.24) is 9.80 Å². The third-order valence-electron chi connectivity index (χ3n) is 4.11. The Morgan fingerprint density at radius 3 is 2.29 bits per heavy atom. The molecule has 1 heterocycles. The SMILES string of the molecule is CC(C)(C)C(=O)N1CCCN(C(=O)CCOc2ccccc2)CC1. The van der Waals surface area contributed by atoms with Crippen molar-refractivity contribution in [2.75, 3.05) is 32.8 Å². The van der Waals surface area contributed by atoms with E-state index < -0.39 is 0 Å². The highest BCUT2D eigenvalue weighted by Gasteiger charge is 2.29. The zero-order valence-corrected chi connectivity index (χ0v) is 15.0. The topological polar surface area (TPSA) is 49.9 Å². The second-order valence-corrected chi connectivity index (χ2v) is 7.19. The molecule has 1 aromatic carbocycles. The molecule has 0 unspecified atom stereocenters. The van der Waals surface area contributed by atoms with E-state index in [2.05, 4.69) is 0 Å². The Morgan fingerprint density at radius 1 is 1.00 bits per heavy atom. The van der Waals surface area contributed by atoms with E-state index in [-0.39, 0.29) is 17.2 Å². The summed E-state index contributed by atoms with van der Waals surface area (Å²) in [6, 6.07) is 9.51. The number of carbonyl (C=O) groups is 2.